The Morgan fingerprint density at radius 2 is 1.95 bits per heavy atom. The molecule has 21 heavy (non-hydrogen) atoms. The molecule has 122 valence electrons. The minimum absolute atomic E-state index is 0.0258. The first-order chi connectivity index (χ1) is 9.85. The van der Waals surface area contributed by atoms with Gasteiger partial charge in [0.05, 0.1) is 19.3 Å². The largest absolute Gasteiger partial charge is 0.394 e. The zero-order valence-corrected chi connectivity index (χ0v) is 13.6. The molecule has 0 radical (unpaired) electrons. The third-order valence-electron chi connectivity index (χ3n) is 5.46. The van der Waals surface area contributed by atoms with Crippen LogP contribution in [0.2, 0.25) is 0 Å². The van der Waals surface area contributed by atoms with Crippen LogP contribution in [0.15, 0.2) is 0 Å². The number of amides is 1. The van der Waals surface area contributed by atoms with Gasteiger partial charge in [-0.25, -0.2) is 0 Å². The molecule has 0 spiro atoms. The molecule has 1 aliphatic heterocycles. The maximum absolute atomic E-state index is 12.5. The molecule has 2 N–H and O–H groups in total. The lowest BCUT2D eigenvalue weighted by molar-refractivity contribution is -0.135. The summed E-state index contributed by atoms with van der Waals surface area (Å²) in [4.78, 5) is 16.3. The second kappa shape index (κ2) is 6.63. The molecule has 1 saturated heterocycles. The number of β-amino-alcohol motifs (C(OH)–C–C–N with tert-alkyl or cyclic N) is 1. The monoisotopic (exact) mass is 298 g/mol. The van der Waals surface area contributed by atoms with E-state index >= 15 is 0 Å². The van der Waals surface area contributed by atoms with Gasteiger partial charge in [-0.05, 0) is 44.9 Å². The number of aliphatic hydroxyl groups excluding tert-OH is 2. The Labute approximate surface area is 127 Å². The lowest BCUT2D eigenvalue weighted by Crippen LogP contribution is -2.51. The second-order valence-corrected chi connectivity index (χ2v) is 7.31. The molecule has 5 heteroatoms. The standard InChI is InChI=1S/C16H30N2O3/c1-12-4-6-13(7-5-12)17(3)15(21)10-18-9-14(20)8-16(18,2)11-19/h12-14,19-20H,4-11H2,1-3H3/t12?,13?,14-,16-/m1/s1. The van der Waals surface area contributed by atoms with Crippen LogP contribution < -0.4 is 0 Å². The Balaban J connectivity index is 1.91. The molecule has 1 aliphatic carbocycles. The van der Waals surface area contributed by atoms with Crippen molar-refractivity contribution >= 4 is 5.91 Å². The van der Waals surface area contributed by atoms with E-state index < -0.39 is 11.6 Å². The van der Waals surface area contributed by atoms with Crippen LogP contribution in [0, 0.1) is 5.92 Å². The number of nitrogens with zero attached hydrogens (tertiary/aromatic N) is 2. The number of hydrogen-bond acceptors (Lipinski definition) is 4. The zero-order chi connectivity index (χ0) is 15.6. The fourth-order valence-corrected chi connectivity index (χ4v) is 3.70. The zero-order valence-electron chi connectivity index (χ0n) is 13.6. The van der Waals surface area contributed by atoms with Crippen molar-refractivity contribution in [2.75, 3.05) is 26.7 Å². The summed E-state index contributed by atoms with van der Waals surface area (Å²) in [5.41, 5.74) is -0.475. The van der Waals surface area contributed by atoms with Crippen LogP contribution in [0.25, 0.3) is 0 Å². The summed E-state index contributed by atoms with van der Waals surface area (Å²) in [5, 5.41) is 19.4. The highest BCUT2D eigenvalue weighted by atomic mass is 16.3. The Morgan fingerprint density at radius 3 is 2.52 bits per heavy atom. The molecular formula is C16H30N2O3. The van der Waals surface area contributed by atoms with Crippen LogP contribution in [-0.2, 0) is 4.79 Å². The van der Waals surface area contributed by atoms with Crippen molar-refractivity contribution in [1.82, 2.24) is 9.80 Å². The van der Waals surface area contributed by atoms with E-state index in [1.807, 2.05) is 23.8 Å². The number of carbonyl (C=O) groups excluding carboxylic acids is 1. The maximum Gasteiger partial charge on any atom is 0.236 e. The molecule has 0 aromatic carbocycles. The summed E-state index contributed by atoms with van der Waals surface area (Å²) < 4.78 is 0. The molecule has 0 unspecified atom stereocenters. The third kappa shape index (κ3) is 3.76. The van der Waals surface area contributed by atoms with Gasteiger partial charge in [0.15, 0.2) is 0 Å². The molecule has 5 nitrogen and oxygen atoms in total. The Morgan fingerprint density at radius 1 is 1.33 bits per heavy atom. The summed E-state index contributed by atoms with van der Waals surface area (Å²) in [7, 11) is 1.89. The van der Waals surface area contributed by atoms with E-state index in [-0.39, 0.29) is 19.1 Å². The van der Waals surface area contributed by atoms with Gasteiger partial charge in [0.2, 0.25) is 5.91 Å². The van der Waals surface area contributed by atoms with E-state index in [1.165, 1.54) is 12.8 Å². The molecular weight excluding hydrogens is 268 g/mol. The van der Waals surface area contributed by atoms with Crippen molar-refractivity contribution in [2.45, 2.75) is 63.6 Å². The number of carbonyl (C=O) groups is 1. The van der Waals surface area contributed by atoms with E-state index in [9.17, 15) is 15.0 Å². The first kappa shape index (κ1) is 16.7. The summed E-state index contributed by atoms with van der Waals surface area (Å²) in [5.74, 6) is 0.875. The Bertz CT molecular complexity index is 369. The minimum Gasteiger partial charge on any atom is -0.394 e. The van der Waals surface area contributed by atoms with E-state index in [1.54, 1.807) is 0 Å². The van der Waals surface area contributed by atoms with Gasteiger partial charge in [0, 0.05) is 25.2 Å². The van der Waals surface area contributed by atoms with Crippen LogP contribution in [-0.4, -0.2) is 70.3 Å². The highest BCUT2D eigenvalue weighted by Crippen LogP contribution is 2.30. The van der Waals surface area contributed by atoms with Crippen molar-refractivity contribution in [1.29, 1.82) is 0 Å². The number of rotatable bonds is 4. The van der Waals surface area contributed by atoms with Crippen molar-refractivity contribution < 1.29 is 15.0 Å². The van der Waals surface area contributed by atoms with Gasteiger partial charge in [0.25, 0.3) is 0 Å². The summed E-state index contributed by atoms with van der Waals surface area (Å²) in [6.45, 7) is 4.92. The second-order valence-electron chi connectivity index (χ2n) is 7.31. The first-order valence-electron chi connectivity index (χ1n) is 8.15. The predicted octanol–water partition coefficient (Wildman–Crippen LogP) is 0.841. The van der Waals surface area contributed by atoms with Gasteiger partial charge in [-0.15, -0.1) is 0 Å². The number of likely N-dealkylation sites (N-methyl/N-ethyl adjacent to an activating group) is 1. The summed E-state index contributed by atoms with van der Waals surface area (Å²) in [6.07, 6.45) is 4.64. The first-order valence-corrected chi connectivity index (χ1v) is 8.15. The van der Waals surface area contributed by atoms with E-state index in [2.05, 4.69) is 6.92 Å². The normalized spacial score (nSPS) is 37.7. The summed E-state index contributed by atoms with van der Waals surface area (Å²) in [6, 6.07) is 0.349. The Hall–Kier alpha value is -0.650. The fourth-order valence-electron chi connectivity index (χ4n) is 3.70. The fraction of sp³-hybridized carbons (Fsp3) is 0.938. The molecule has 2 fully saturated rings. The molecule has 2 rings (SSSR count). The van der Waals surface area contributed by atoms with Gasteiger partial charge in [-0.3, -0.25) is 9.69 Å². The van der Waals surface area contributed by atoms with Gasteiger partial charge < -0.3 is 15.1 Å². The average molecular weight is 298 g/mol. The van der Waals surface area contributed by atoms with Crippen molar-refractivity contribution in [3.8, 4) is 0 Å². The van der Waals surface area contributed by atoms with Gasteiger partial charge in [-0.2, -0.15) is 0 Å². The maximum atomic E-state index is 12.5. The smallest absolute Gasteiger partial charge is 0.236 e. The predicted molar refractivity (Wildman–Crippen MR) is 81.9 cm³/mol. The quantitative estimate of drug-likeness (QED) is 0.807. The lowest BCUT2D eigenvalue weighted by Gasteiger charge is -2.37. The molecule has 1 heterocycles. The van der Waals surface area contributed by atoms with E-state index in [4.69, 9.17) is 0 Å². The minimum atomic E-state index is -0.475. The molecule has 2 atom stereocenters. The molecule has 1 saturated carbocycles. The van der Waals surface area contributed by atoms with Gasteiger partial charge in [0.1, 0.15) is 0 Å². The number of aliphatic hydroxyl groups is 2. The number of hydrogen-bond donors (Lipinski definition) is 2. The molecule has 0 bridgehead atoms. The van der Waals surface area contributed by atoms with Gasteiger partial charge in [-0.1, -0.05) is 6.92 Å². The highest BCUT2D eigenvalue weighted by molar-refractivity contribution is 5.78. The highest BCUT2D eigenvalue weighted by Gasteiger charge is 2.42. The van der Waals surface area contributed by atoms with Crippen LogP contribution >= 0.6 is 0 Å². The van der Waals surface area contributed by atoms with Crippen molar-refractivity contribution in [2.24, 2.45) is 5.92 Å². The van der Waals surface area contributed by atoms with Crippen LogP contribution in [0.4, 0.5) is 0 Å². The van der Waals surface area contributed by atoms with Crippen LogP contribution in [0.1, 0.15) is 46.0 Å². The topological polar surface area (TPSA) is 64.0 Å². The SMILES string of the molecule is CC1CCC(N(C)C(=O)CN2C[C@H](O)C[C@]2(C)CO)CC1. The van der Waals surface area contributed by atoms with Crippen LogP contribution in [0.3, 0.4) is 0 Å². The average Bonchev–Trinajstić information content (AvgIpc) is 2.74. The molecule has 2 aliphatic rings. The van der Waals surface area contributed by atoms with Crippen molar-refractivity contribution in [3.05, 3.63) is 0 Å². The lowest BCUT2D eigenvalue weighted by atomic mass is 9.87. The molecule has 0 aromatic heterocycles. The third-order valence-corrected chi connectivity index (χ3v) is 5.46. The van der Waals surface area contributed by atoms with E-state index in [0.717, 1.165) is 18.8 Å². The number of likely N-dealkylation sites (tertiary alicyclic amines) is 1. The van der Waals surface area contributed by atoms with E-state index in [0.29, 0.717) is 19.0 Å². The van der Waals surface area contributed by atoms with Crippen molar-refractivity contribution in [3.63, 3.8) is 0 Å². The van der Waals surface area contributed by atoms with Gasteiger partial charge >= 0.3 is 0 Å². The Kier molecular flexibility index (Phi) is 5.28. The molecule has 1 amide bonds. The van der Waals surface area contributed by atoms with Crippen LogP contribution in [0.5, 0.6) is 0 Å². The summed E-state index contributed by atoms with van der Waals surface area (Å²) >= 11 is 0. The molecule has 0 aromatic rings.